The lowest BCUT2D eigenvalue weighted by atomic mass is 9.98. The summed E-state index contributed by atoms with van der Waals surface area (Å²) in [6, 6.07) is 6.51. The minimum atomic E-state index is -3.58. The number of nitrogens with zero attached hydrogens (tertiary/aromatic N) is 5. The standard InChI is InChI=1S/C25H32ClN7O3S/c1-16-15-33-23(28-24(16)31-11-8-18(27)9-12-31)14-21(29-33)22-5-3-4-10-32(22)25(34)19-13-17(26)6-7-20(19)30-37(2,35)36/h6-7,13-15,18,22,30H,3-5,8-12,27H2,1-2H3/t22-/m0/s1. The fourth-order valence-corrected chi connectivity index (χ4v) is 5.98. The highest BCUT2D eigenvalue weighted by Crippen LogP contribution is 2.34. The number of nitrogens with two attached hydrogens (primary N) is 1. The zero-order chi connectivity index (χ0) is 26.3. The van der Waals surface area contributed by atoms with E-state index in [1.54, 1.807) is 15.5 Å². The molecule has 4 heterocycles. The van der Waals surface area contributed by atoms with Gasteiger partial charge in [0.15, 0.2) is 5.65 Å². The van der Waals surface area contributed by atoms with E-state index < -0.39 is 10.0 Å². The van der Waals surface area contributed by atoms with Crippen LogP contribution in [0.15, 0.2) is 30.5 Å². The molecular formula is C25H32ClN7O3S. The number of benzene rings is 1. The van der Waals surface area contributed by atoms with Crippen molar-refractivity contribution >= 4 is 44.7 Å². The molecule has 1 aromatic carbocycles. The smallest absolute Gasteiger partial charge is 0.256 e. The predicted octanol–water partition coefficient (Wildman–Crippen LogP) is 3.36. The van der Waals surface area contributed by atoms with Gasteiger partial charge in [-0.1, -0.05) is 11.6 Å². The van der Waals surface area contributed by atoms with Gasteiger partial charge in [-0.3, -0.25) is 9.52 Å². The van der Waals surface area contributed by atoms with Crippen LogP contribution >= 0.6 is 11.6 Å². The molecule has 3 N–H and O–H groups in total. The van der Waals surface area contributed by atoms with Crippen molar-refractivity contribution in [2.75, 3.05) is 35.5 Å². The molecule has 2 aliphatic heterocycles. The molecule has 1 amide bonds. The van der Waals surface area contributed by atoms with Crippen molar-refractivity contribution in [1.82, 2.24) is 19.5 Å². The molecule has 2 fully saturated rings. The van der Waals surface area contributed by atoms with Gasteiger partial charge < -0.3 is 15.5 Å². The van der Waals surface area contributed by atoms with Crippen molar-refractivity contribution in [2.45, 2.75) is 51.1 Å². The quantitative estimate of drug-likeness (QED) is 0.503. The van der Waals surface area contributed by atoms with E-state index in [0.717, 1.165) is 74.2 Å². The Morgan fingerprint density at radius 2 is 1.89 bits per heavy atom. The Labute approximate surface area is 221 Å². The minimum Gasteiger partial charge on any atom is -0.356 e. The Morgan fingerprint density at radius 1 is 1.14 bits per heavy atom. The number of halogens is 1. The van der Waals surface area contributed by atoms with Gasteiger partial charge in [0.2, 0.25) is 10.0 Å². The molecule has 0 unspecified atom stereocenters. The first kappa shape index (κ1) is 25.7. The number of piperidine rings is 2. The van der Waals surface area contributed by atoms with Gasteiger partial charge in [0.05, 0.1) is 29.2 Å². The molecule has 2 aliphatic rings. The monoisotopic (exact) mass is 545 g/mol. The topological polar surface area (TPSA) is 126 Å². The number of sulfonamides is 1. The molecule has 1 atom stereocenters. The van der Waals surface area contributed by atoms with Crippen molar-refractivity contribution in [3.05, 3.63) is 52.3 Å². The lowest BCUT2D eigenvalue weighted by Gasteiger charge is -2.35. The molecule has 0 spiro atoms. The third-order valence-corrected chi connectivity index (χ3v) is 7.90. The summed E-state index contributed by atoms with van der Waals surface area (Å²) >= 11 is 6.20. The maximum Gasteiger partial charge on any atom is 0.256 e. The number of hydrogen-bond donors (Lipinski definition) is 2. The van der Waals surface area contributed by atoms with E-state index in [9.17, 15) is 13.2 Å². The van der Waals surface area contributed by atoms with Crippen LogP contribution in [0.5, 0.6) is 0 Å². The van der Waals surface area contributed by atoms with Crippen LogP contribution in [0.4, 0.5) is 11.5 Å². The SMILES string of the molecule is Cc1cn2nc([C@@H]3CCCCN3C(=O)c3cc(Cl)ccc3NS(C)(=O)=O)cc2nc1N1CCC(N)CC1. The average Bonchev–Trinajstić information content (AvgIpc) is 3.26. The third-order valence-electron chi connectivity index (χ3n) is 7.08. The molecule has 0 aliphatic carbocycles. The van der Waals surface area contributed by atoms with Gasteiger partial charge in [0.1, 0.15) is 5.82 Å². The molecule has 0 bridgehead atoms. The lowest BCUT2D eigenvalue weighted by molar-refractivity contribution is 0.0607. The molecule has 198 valence electrons. The summed E-state index contributed by atoms with van der Waals surface area (Å²) in [6.07, 6.45) is 7.47. The van der Waals surface area contributed by atoms with Crippen molar-refractivity contribution in [1.29, 1.82) is 0 Å². The average molecular weight is 546 g/mol. The molecule has 0 radical (unpaired) electrons. The number of aryl methyl sites for hydroxylation is 1. The van der Waals surface area contributed by atoms with Crippen molar-refractivity contribution in [3.63, 3.8) is 0 Å². The summed E-state index contributed by atoms with van der Waals surface area (Å²) in [4.78, 5) is 22.7. The van der Waals surface area contributed by atoms with Crippen LogP contribution in [0.1, 0.15) is 59.8 Å². The molecule has 37 heavy (non-hydrogen) atoms. The number of anilines is 2. The lowest BCUT2D eigenvalue weighted by Crippen LogP contribution is -2.40. The van der Waals surface area contributed by atoms with Crippen molar-refractivity contribution in [2.24, 2.45) is 5.73 Å². The van der Waals surface area contributed by atoms with E-state index in [4.69, 9.17) is 27.4 Å². The number of hydrogen-bond acceptors (Lipinski definition) is 7. The summed E-state index contributed by atoms with van der Waals surface area (Å²) in [5.74, 6) is 0.655. The van der Waals surface area contributed by atoms with E-state index in [-0.39, 0.29) is 29.2 Å². The van der Waals surface area contributed by atoms with Gasteiger partial charge >= 0.3 is 0 Å². The molecular weight excluding hydrogens is 514 g/mol. The maximum absolute atomic E-state index is 13.8. The minimum absolute atomic E-state index is 0.208. The zero-order valence-electron chi connectivity index (χ0n) is 21.0. The Balaban J connectivity index is 1.47. The van der Waals surface area contributed by atoms with Crippen LogP contribution < -0.4 is 15.4 Å². The van der Waals surface area contributed by atoms with E-state index in [2.05, 4.69) is 9.62 Å². The molecule has 5 rings (SSSR count). The number of rotatable bonds is 5. The van der Waals surface area contributed by atoms with Crippen LogP contribution in [0.25, 0.3) is 5.65 Å². The van der Waals surface area contributed by atoms with E-state index in [1.807, 2.05) is 19.2 Å². The summed E-state index contributed by atoms with van der Waals surface area (Å²) in [5, 5.41) is 5.16. The molecule has 3 aromatic rings. The normalized spacial score (nSPS) is 19.4. The summed E-state index contributed by atoms with van der Waals surface area (Å²) < 4.78 is 28.0. The first-order valence-electron chi connectivity index (χ1n) is 12.5. The highest BCUT2D eigenvalue weighted by atomic mass is 35.5. The fourth-order valence-electron chi connectivity index (χ4n) is 5.23. The fraction of sp³-hybridized carbons (Fsp3) is 0.480. The zero-order valence-corrected chi connectivity index (χ0v) is 22.6. The predicted molar refractivity (Wildman–Crippen MR) is 145 cm³/mol. The molecule has 2 saturated heterocycles. The number of fused-ring (bicyclic) bond motifs is 1. The van der Waals surface area contributed by atoms with Crippen LogP contribution in [-0.4, -0.2) is 65.8 Å². The van der Waals surface area contributed by atoms with Gasteiger partial charge in [0, 0.05) is 48.5 Å². The third kappa shape index (κ3) is 5.53. The number of carbonyl (C=O) groups excluding carboxylic acids is 1. The Morgan fingerprint density at radius 3 is 2.62 bits per heavy atom. The van der Waals surface area contributed by atoms with Crippen LogP contribution in [-0.2, 0) is 10.0 Å². The summed E-state index contributed by atoms with van der Waals surface area (Å²) in [6.45, 7) is 4.32. The number of nitrogens with one attached hydrogen (secondary N) is 1. The summed E-state index contributed by atoms with van der Waals surface area (Å²) in [5.41, 5.74) is 9.03. The molecule has 10 nitrogen and oxygen atoms in total. The first-order valence-corrected chi connectivity index (χ1v) is 14.8. The van der Waals surface area contributed by atoms with Crippen molar-refractivity contribution in [3.8, 4) is 0 Å². The van der Waals surface area contributed by atoms with Gasteiger partial charge in [-0.05, 0) is 57.2 Å². The molecule has 0 saturated carbocycles. The van der Waals surface area contributed by atoms with Gasteiger partial charge in [-0.15, -0.1) is 0 Å². The second-order valence-corrected chi connectivity index (χ2v) is 12.2. The number of aromatic nitrogens is 3. The second kappa shape index (κ2) is 10.1. The largest absolute Gasteiger partial charge is 0.356 e. The highest BCUT2D eigenvalue weighted by Gasteiger charge is 2.32. The van der Waals surface area contributed by atoms with Crippen LogP contribution in [0.3, 0.4) is 0 Å². The summed E-state index contributed by atoms with van der Waals surface area (Å²) in [7, 11) is -3.58. The Bertz CT molecular complexity index is 1430. The Kier molecular flexibility index (Phi) is 7.03. The van der Waals surface area contributed by atoms with E-state index in [1.165, 1.54) is 12.1 Å². The molecule has 2 aromatic heterocycles. The highest BCUT2D eigenvalue weighted by molar-refractivity contribution is 7.92. The van der Waals surface area contributed by atoms with E-state index >= 15 is 0 Å². The van der Waals surface area contributed by atoms with Gasteiger partial charge in [-0.2, -0.15) is 5.10 Å². The number of likely N-dealkylation sites (tertiary alicyclic amines) is 1. The van der Waals surface area contributed by atoms with Crippen LogP contribution in [0, 0.1) is 6.92 Å². The van der Waals surface area contributed by atoms with Gasteiger partial charge in [-0.25, -0.2) is 17.9 Å². The number of carbonyl (C=O) groups is 1. The molecule has 12 heteroatoms. The van der Waals surface area contributed by atoms with E-state index in [0.29, 0.717) is 11.6 Å². The number of amides is 1. The first-order chi connectivity index (χ1) is 17.6. The maximum atomic E-state index is 13.8. The van der Waals surface area contributed by atoms with Crippen LogP contribution in [0.2, 0.25) is 5.02 Å². The van der Waals surface area contributed by atoms with Gasteiger partial charge in [0.25, 0.3) is 5.91 Å². The second-order valence-electron chi connectivity index (χ2n) is 10.0. The Hall–Kier alpha value is -2.89. The van der Waals surface area contributed by atoms with Crippen molar-refractivity contribution < 1.29 is 13.2 Å².